The van der Waals surface area contributed by atoms with Crippen molar-refractivity contribution < 1.29 is 5.11 Å². The Bertz CT molecular complexity index is 338. The number of aliphatic hydroxyl groups is 1. The average Bonchev–Trinajstić information content (AvgIpc) is 2.19. The Kier molecular flexibility index (Phi) is 3.67. The summed E-state index contributed by atoms with van der Waals surface area (Å²) in [6.07, 6.45) is 0.436. The molecule has 0 aliphatic carbocycles. The van der Waals surface area contributed by atoms with Crippen LogP contribution in [0.3, 0.4) is 0 Å². The van der Waals surface area contributed by atoms with E-state index in [2.05, 4.69) is 6.07 Å². The molecule has 0 amide bonds. The molecule has 1 aromatic rings. The van der Waals surface area contributed by atoms with E-state index < -0.39 is 6.10 Å². The van der Waals surface area contributed by atoms with Crippen LogP contribution in [0.15, 0.2) is 24.3 Å². The number of hydrogen-bond donors (Lipinski definition) is 1. The molecular weight excluding hydrogens is 174 g/mol. The summed E-state index contributed by atoms with van der Waals surface area (Å²) >= 11 is 0. The molecule has 0 bridgehead atoms. The molecule has 0 unspecified atom stereocenters. The van der Waals surface area contributed by atoms with Gasteiger partial charge in [0.15, 0.2) is 0 Å². The van der Waals surface area contributed by atoms with Crippen LogP contribution in [0.2, 0.25) is 0 Å². The normalized spacial score (nSPS) is 14.4. The molecule has 0 saturated carbocycles. The van der Waals surface area contributed by atoms with Crippen molar-refractivity contribution in [2.45, 2.75) is 32.3 Å². The average molecular weight is 189 g/mol. The fourth-order valence-electron chi connectivity index (χ4n) is 1.74. The molecule has 2 nitrogen and oxygen atoms in total. The molecule has 0 aliphatic heterocycles. The summed E-state index contributed by atoms with van der Waals surface area (Å²) in [5.74, 6) is 0.0610. The van der Waals surface area contributed by atoms with E-state index in [-0.39, 0.29) is 5.92 Å². The summed E-state index contributed by atoms with van der Waals surface area (Å²) < 4.78 is 0. The Labute approximate surface area is 84.8 Å². The molecule has 0 fully saturated rings. The van der Waals surface area contributed by atoms with Crippen molar-refractivity contribution in [3.05, 3.63) is 35.4 Å². The standard InChI is InChI=1S/C12H15NO/c1-3-11(9(2)14)12-7-5-4-6-10(12)8-13/h4-7,9,11,14H,3H2,1-2H3/t9-,11+/m0/s1. The zero-order valence-electron chi connectivity index (χ0n) is 8.57. The van der Waals surface area contributed by atoms with Gasteiger partial charge in [-0.15, -0.1) is 0 Å². The predicted molar refractivity (Wildman–Crippen MR) is 55.9 cm³/mol. The zero-order valence-corrected chi connectivity index (χ0v) is 8.57. The molecule has 0 spiro atoms. The van der Waals surface area contributed by atoms with Crippen LogP contribution in [-0.2, 0) is 0 Å². The Balaban J connectivity index is 3.10. The van der Waals surface area contributed by atoms with Gasteiger partial charge in [-0.3, -0.25) is 0 Å². The molecule has 0 radical (unpaired) electrons. The number of hydrogen-bond acceptors (Lipinski definition) is 2. The van der Waals surface area contributed by atoms with Gasteiger partial charge in [0, 0.05) is 5.92 Å². The minimum Gasteiger partial charge on any atom is -0.393 e. The second kappa shape index (κ2) is 4.78. The highest BCUT2D eigenvalue weighted by atomic mass is 16.3. The number of rotatable bonds is 3. The summed E-state index contributed by atoms with van der Waals surface area (Å²) in [6, 6.07) is 9.61. The molecule has 74 valence electrons. The van der Waals surface area contributed by atoms with Gasteiger partial charge in [-0.1, -0.05) is 25.1 Å². The summed E-state index contributed by atoms with van der Waals surface area (Å²) in [5.41, 5.74) is 1.62. The Morgan fingerprint density at radius 3 is 2.57 bits per heavy atom. The van der Waals surface area contributed by atoms with E-state index in [1.54, 1.807) is 13.0 Å². The summed E-state index contributed by atoms with van der Waals surface area (Å²) in [6.45, 7) is 3.79. The Hall–Kier alpha value is -1.33. The molecule has 0 aromatic heterocycles. The minimum absolute atomic E-state index is 0.0610. The number of nitrogens with zero attached hydrogens (tertiary/aromatic N) is 1. The van der Waals surface area contributed by atoms with Crippen molar-refractivity contribution in [2.75, 3.05) is 0 Å². The van der Waals surface area contributed by atoms with E-state index in [1.165, 1.54) is 0 Å². The first-order chi connectivity index (χ1) is 6.70. The third-order valence-electron chi connectivity index (χ3n) is 2.50. The van der Waals surface area contributed by atoms with E-state index in [1.807, 2.05) is 25.1 Å². The maximum Gasteiger partial charge on any atom is 0.0994 e. The lowest BCUT2D eigenvalue weighted by atomic mass is 9.89. The molecule has 1 N–H and O–H groups in total. The van der Waals surface area contributed by atoms with Crippen molar-refractivity contribution in [2.24, 2.45) is 0 Å². The van der Waals surface area contributed by atoms with Gasteiger partial charge < -0.3 is 5.11 Å². The Morgan fingerprint density at radius 2 is 2.07 bits per heavy atom. The first-order valence-electron chi connectivity index (χ1n) is 4.87. The summed E-state index contributed by atoms with van der Waals surface area (Å²) in [7, 11) is 0. The zero-order chi connectivity index (χ0) is 10.6. The van der Waals surface area contributed by atoms with Crippen LogP contribution in [0.25, 0.3) is 0 Å². The van der Waals surface area contributed by atoms with Crippen molar-refractivity contribution in [3.8, 4) is 6.07 Å². The van der Waals surface area contributed by atoms with Crippen LogP contribution >= 0.6 is 0 Å². The number of nitriles is 1. The quantitative estimate of drug-likeness (QED) is 0.793. The molecule has 1 aromatic carbocycles. The highest BCUT2D eigenvalue weighted by molar-refractivity contribution is 5.40. The van der Waals surface area contributed by atoms with Crippen LogP contribution in [0.4, 0.5) is 0 Å². The molecule has 0 aliphatic rings. The van der Waals surface area contributed by atoms with E-state index in [9.17, 15) is 5.11 Å². The molecule has 1 rings (SSSR count). The molecular formula is C12H15NO. The van der Waals surface area contributed by atoms with Gasteiger partial charge in [0.25, 0.3) is 0 Å². The lowest BCUT2D eigenvalue weighted by molar-refractivity contribution is 0.159. The fourth-order valence-corrected chi connectivity index (χ4v) is 1.74. The lowest BCUT2D eigenvalue weighted by Gasteiger charge is -2.19. The van der Waals surface area contributed by atoms with Gasteiger partial charge in [-0.05, 0) is 25.0 Å². The highest BCUT2D eigenvalue weighted by Crippen LogP contribution is 2.25. The third-order valence-corrected chi connectivity index (χ3v) is 2.50. The van der Waals surface area contributed by atoms with Crippen LogP contribution < -0.4 is 0 Å². The van der Waals surface area contributed by atoms with Gasteiger partial charge in [0.2, 0.25) is 0 Å². The second-order valence-electron chi connectivity index (χ2n) is 3.45. The second-order valence-corrected chi connectivity index (χ2v) is 3.45. The SMILES string of the molecule is CC[C@@H](c1ccccc1C#N)[C@H](C)O. The maximum absolute atomic E-state index is 9.58. The first kappa shape index (κ1) is 10.7. The van der Waals surface area contributed by atoms with Crippen LogP contribution in [0.5, 0.6) is 0 Å². The van der Waals surface area contributed by atoms with Gasteiger partial charge in [0.1, 0.15) is 0 Å². The van der Waals surface area contributed by atoms with Crippen molar-refractivity contribution in [1.29, 1.82) is 5.26 Å². The van der Waals surface area contributed by atoms with Gasteiger partial charge in [0.05, 0.1) is 17.7 Å². The number of aliphatic hydroxyl groups excluding tert-OH is 1. The molecule has 2 heteroatoms. The maximum atomic E-state index is 9.58. The van der Waals surface area contributed by atoms with E-state index in [0.717, 1.165) is 12.0 Å². The van der Waals surface area contributed by atoms with E-state index in [0.29, 0.717) is 5.56 Å². The Morgan fingerprint density at radius 1 is 1.43 bits per heavy atom. The van der Waals surface area contributed by atoms with Gasteiger partial charge in [-0.2, -0.15) is 5.26 Å². The third kappa shape index (κ3) is 2.12. The largest absolute Gasteiger partial charge is 0.393 e. The molecule has 2 atom stereocenters. The molecule has 0 heterocycles. The number of benzene rings is 1. The van der Waals surface area contributed by atoms with Crippen LogP contribution in [0, 0.1) is 11.3 Å². The topological polar surface area (TPSA) is 44.0 Å². The van der Waals surface area contributed by atoms with E-state index in [4.69, 9.17) is 5.26 Å². The molecule has 14 heavy (non-hydrogen) atoms. The summed E-state index contributed by atoms with van der Waals surface area (Å²) in [5, 5.41) is 18.5. The minimum atomic E-state index is -0.408. The summed E-state index contributed by atoms with van der Waals surface area (Å²) in [4.78, 5) is 0. The van der Waals surface area contributed by atoms with Crippen molar-refractivity contribution >= 4 is 0 Å². The molecule has 0 saturated heterocycles. The monoisotopic (exact) mass is 189 g/mol. The van der Waals surface area contributed by atoms with E-state index >= 15 is 0 Å². The van der Waals surface area contributed by atoms with Gasteiger partial charge >= 0.3 is 0 Å². The predicted octanol–water partition coefficient (Wildman–Crippen LogP) is 2.43. The fraction of sp³-hybridized carbons (Fsp3) is 0.417. The lowest BCUT2D eigenvalue weighted by Crippen LogP contribution is -2.14. The van der Waals surface area contributed by atoms with Gasteiger partial charge in [-0.25, -0.2) is 0 Å². The van der Waals surface area contributed by atoms with Crippen LogP contribution in [0.1, 0.15) is 37.3 Å². The smallest absolute Gasteiger partial charge is 0.0994 e. The van der Waals surface area contributed by atoms with Crippen LogP contribution in [-0.4, -0.2) is 11.2 Å². The van der Waals surface area contributed by atoms with Crippen molar-refractivity contribution in [1.82, 2.24) is 0 Å². The highest BCUT2D eigenvalue weighted by Gasteiger charge is 2.17. The van der Waals surface area contributed by atoms with Crippen molar-refractivity contribution in [3.63, 3.8) is 0 Å². The first-order valence-corrected chi connectivity index (χ1v) is 4.87.